The lowest BCUT2D eigenvalue weighted by Crippen LogP contribution is -1.79. The molecule has 2 heteroatoms. The third-order valence-corrected chi connectivity index (χ3v) is 2.46. The van der Waals surface area contributed by atoms with Gasteiger partial charge in [-0.05, 0) is 39.7 Å². The predicted molar refractivity (Wildman–Crippen MR) is 48.4 cm³/mol. The maximum absolute atomic E-state index is 5.10. The summed E-state index contributed by atoms with van der Waals surface area (Å²) in [4.78, 5) is 0. The van der Waals surface area contributed by atoms with Crippen molar-refractivity contribution in [1.29, 1.82) is 0 Å². The lowest BCUT2D eigenvalue weighted by atomic mass is 10.2. The number of benzene rings is 1. The summed E-state index contributed by atoms with van der Waals surface area (Å²) in [6.07, 6.45) is 0. The topological polar surface area (TPSA) is 9.23 Å². The van der Waals surface area contributed by atoms with Crippen molar-refractivity contribution in [3.63, 3.8) is 0 Å². The fraction of sp³-hybridized carbons (Fsp3) is 0.111. The van der Waals surface area contributed by atoms with Gasteiger partial charge in [0.1, 0.15) is 5.75 Å². The van der Waals surface area contributed by atoms with Gasteiger partial charge in [-0.25, -0.2) is 0 Å². The molecule has 0 spiro atoms. The van der Waals surface area contributed by atoms with Crippen LogP contribution in [-0.4, -0.2) is 7.11 Å². The molecule has 2 rings (SSSR count). The molecule has 0 amide bonds. The first-order valence-electron chi connectivity index (χ1n) is 3.40. The summed E-state index contributed by atoms with van der Waals surface area (Å²) < 4.78 is 5.10. The van der Waals surface area contributed by atoms with Crippen LogP contribution in [0.2, 0.25) is 0 Å². The zero-order chi connectivity index (χ0) is 7.68. The predicted octanol–water partition coefficient (Wildman–Crippen LogP) is 2.91. The van der Waals surface area contributed by atoms with E-state index in [1.165, 1.54) is 10.8 Å². The standard InChI is InChI=1S/C9H8OS/c1-10-9-3-2-7-5-11-6-8(7)4-9/h2-6H,1H3. The number of thiophene rings is 1. The lowest BCUT2D eigenvalue weighted by Gasteiger charge is -1.97. The normalized spacial score (nSPS) is 10.3. The lowest BCUT2D eigenvalue weighted by molar-refractivity contribution is 0.415. The molecular formula is C9H8OS. The summed E-state index contributed by atoms with van der Waals surface area (Å²) in [5.41, 5.74) is 0. The van der Waals surface area contributed by atoms with E-state index in [-0.39, 0.29) is 0 Å². The average Bonchev–Trinajstić information content (AvgIpc) is 2.50. The van der Waals surface area contributed by atoms with E-state index in [0.29, 0.717) is 0 Å². The molecule has 56 valence electrons. The van der Waals surface area contributed by atoms with Crippen molar-refractivity contribution in [2.24, 2.45) is 0 Å². The van der Waals surface area contributed by atoms with E-state index in [2.05, 4.69) is 16.8 Å². The van der Waals surface area contributed by atoms with Gasteiger partial charge in [0, 0.05) is 0 Å². The molecule has 0 saturated heterocycles. The Labute approximate surface area is 69.2 Å². The Hall–Kier alpha value is -1.02. The van der Waals surface area contributed by atoms with E-state index >= 15 is 0 Å². The monoisotopic (exact) mass is 164 g/mol. The maximum atomic E-state index is 5.10. The number of fused-ring (bicyclic) bond motifs is 1. The summed E-state index contributed by atoms with van der Waals surface area (Å²) in [5.74, 6) is 0.927. The van der Waals surface area contributed by atoms with Crippen molar-refractivity contribution in [1.82, 2.24) is 0 Å². The van der Waals surface area contributed by atoms with Gasteiger partial charge in [-0.1, -0.05) is 0 Å². The van der Waals surface area contributed by atoms with Crippen molar-refractivity contribution < 1.29 is 4.74 Å². The molecule has 11 heavy (non-hydrogen) atoms. The van der Waals surface area contributed by atoms with Crippen molar-refractivity contribution in [3.05, 3.63) is 29.0 Å². The molecule has 1 nitrogen and oxygen atoms in total. The number of rotatable bonds is 1. The summed E-state index contributed by atoms with van der Waals surface area (Å²) in [5, 5.41) is 6.80. The molecule has 0 aliphatic carbocycles. The van der Waals surface area contributed by atoms with Crippen molar-refractivity contribution in [3.8, 4) is 5.75 Å². The van der Waals surface area contributed by atoms with Gasteiger partial charge in [0.15, 0.2) is 0 Å². The Morgan fingerprint density at radius 3 is 2.82 bits per heavy atom. The fourth-order valence-electron chi connectivity index (χ4n) is 1.07. The summed E-state index contributed by atoms with van der Waals surface area (Å²) in [6, 6.07) is 6.10. The van der Waals surface area contributed by atoms with Gasteiger partial charge in [0.25, 0.3) is 0 Å². The first kappa shape index (κ1) is 6.68. The Kier molecular flexibility index (Phi) is 1.55. The first-order valence-corrected chi connectivity index (χ1v) is 4.34. The molecule has 0 radical (unpaired) electrons. The number of ether oxygens (including phenoxy) is 1. The number of methoxy groups -OCH3 is 1. The molecule has 0 N–H and O–H groups in total. The van der Waals surface area contributed by atoms with Crippen molar-refractivity contribution in [2.45, 2.75) is 0 Å². The average molecular weight is 164 g/mol. The smallest absolute Gasteiger partial charge is 0.119 e. The highest BCUT2D eigenvalue weighted by molar-refractivity contribution is 7.09. The Morgan fingerprint density at radius 2 is 2.00 bits per heavy atom. The minimum absolute atomic E-state index is 0.927. The third-order valence-electron chi connectivity index (χ3n) is 1.68. The van der Waals surface area contributed by atoms with E-state index < -0.39 is 0 Å². The van der Waals surface area contributed by atoms with Crippen LogP contribution in [0.3, 0.4) is 0 Å². The Bertz CT molecular complexity index is 364. The molecule has 0 saturated carbocycles. The SMILES string of the molecule is COc1ccc2cscc2c1. The second-order valence-electron chi connectivity index (χ2n) is 2.37. The third kappa shape index (κ3) is 1.10. The van der Waals surface area contributed by atoms with Crippen LogP contribution in [0.5, 0.6) is 5.75 Å². The highest BCUT2D eigenvalue weighted by atomic mass is 32.1. The molecule has 2 aromatic rings. The van der Waals surface area contributed by atoms with Gasteiger partial charge in [0.05, 0.1) is 7.11 Å². The maximum Gasteiger partial charge on any atom is 0.119 e. The molecule has 1 aromatic heterocycles. The highest BCUT2D eigenvalue weighted by Gasteiger charge is 1.95. The van der Waals surface area contributed by atoms with Gasteiger partial charge in [0.2, 0.25) is 0 Å². The van der Waals surface area contributed by atoms with Crippen LogP contribution in [-0.2, 0) is 0 Å². The quantitative estimate of drug-likeness (QED) is 0.629. The summed E-state index contributed by atoms with van der Waals surface area (Å²) in [6.45, 7) is 0. The molecule has 0 aliphatic heterocycles. The zero-order valence-corrected chi connectivity index (χ0v) is 7.02. The van der Waals surface area contributed by atoms with Gasteiger partial charge >= 0.3 is 0 Å². The minimum Gasteiger partial charge on any atom is -0.497 e. The van der Waals surface area contributed by atoms with E-state index in [0.717, 1.165) is 5.75 Å². The van der Waals surface area contributed by atoms with E-state index in [1.807, 2.05) is 12.1 Å². The summed E-state index contributed by atoms with van der Waals surface area (Å²) in [7, 11) is 1.69. The Morgan fingerprint density at radius 1 is 1.18 bits per heavy atom. The minimum atomic E-state index is 0.927. The zero-order valence-electron chi connectivity index (χ0n) is 6.20. The Balaban J connectivity index is 2.67. The molecule has 1 heterocycles. The molecule has 1 aromatic carbocycles. The molecular weight excluding hydrogens is 156 g/mol. The highest BCUT2D eigenvalue weighted by Crippen LogP contribution is 2.23. The largest absolute Gasteiger partial charge is 0.497 e. The van der Waals surface area contributed by atoms with Crippen LogP contribution in [0, 0.1) is 0 Å². The van der Waals surface area contributed by atoms with E-state index in [4.69, 9.17) is 4.74 Å². The molecule has 0 unspecified atom stereocenters. The van der Waals surface area contributed by atoms with Gasteiger partial charge in [-0.2, -0.15) is 11.3 Å². The number of hydrogen-bond acceptors (Lipinski definition) is 2. The van der Waals surface area contributed by atoms with E-state index in [1.54, 1.807) is 18.4 Å². The van der Waals surface area contributed by atoms with Crippen LogP contribution in [0.1, 0.15) is 0 Å². The molecule has 0 bridgehead atoms. The van der Waals surface area contributed by atoms with E-state index in [9.17, 15) is 0 Å². The summed E-state index contributed by atoms with van der Waals surface area (Å²) >= 11 is 1.72. The second kappa shape index (κ2) is 2.55. The van der Waals surface area contributed by atoms with Crippen LogP contribution < -0.4 is 4.74 Å². The fourth-order valence-corrected chi connectivity index (χ4v) is 1.85. The van der Waals surface area contributed by atoms with Gasteiger partial charge < -0.3 is 4.74 Å². The van der Waals surface area contributed by atoms with Gasteiger partial charge in [-0.3, -0.25) is 0 Å². The second-order valence-corrected chi connectivity index (χ2v) is 3.11. The number of hydrogen-bond donors (Lipinski definition) is 0. The first-order chi connectivity index (χ1) is 5.40. The van der Waals surface area contributed by atoms with Crippen LogP contribution in [0.15, 0.2) is 29.0 Å². The van der Waals surface area contributed by atoms with Crippen molar-refractivity contribution >= 4 is 22.1 Å². The molecule has 0 fully saturated rings. The van der Waals surface area contributed by atoms with Crippen LogP contribution >= 0.6 is 11.3 Å². The van der Waals surface area contributed by atoms with Crippen molar-refractivity contribution in [2.75, 3.05) is 7.11 Å². The van der Waals surface area contributed by atoms with Crippen LogP contribution in [0.25, 0.3) is 10.8 Å². The van der Waals surface area contributed by atoms with Crippen LogP contribution in [0.4, 0.5) is 0 Å². The molecule has 0 atom stereocenters. The molecule has 0 aliphatic rings. The van der Waals surface area contributed by atoms with Gasteiger partial charge in [-0.15, -0.1) is 0 Å².